The van der Waals surface area contributed by atoms with E-state index in [0.29, 0.717) is 27.0 Å². The van der Waals surface area contributed by atoms with E-state index in [2.05, 4.69) is 4.98 Å². The van der Waals surface area contributed by atoms with Crippen LogP contribution in [0, 0.1) is 6.92 Å². The molecule has 0 radical (unpaired) electrons. The van der Waals surface area contributed by atoms with Crippen LogP contribution in [0.5, 0.6) is 0 Å². The van der Waals surface area contributed by atoms with Crippen molar-refractivity contribution in [2.75, 3.05) is 0 Å². The number of thiazole rings is 1. The molecule has 3 nitrogen and oxygen atoms in total. The lowest BCUT2D eigenvalue weighted by molar-refractivity contribution is 0.0700. The summed E-state index contributed by atoms with van der Waals surface area (Å²) in [6, 6.07) is 5.66. The van der Waals surface area contributed by atoms with Gasteiger partial charge in [0.2, 0.25) is 0 Å². The highest BCUT2D eigenvalue weighted by Gasteiger charge is 2.17. The van der Waals surface area contributed by atoms with Gasteiger partial charge in [0, 0.05) is 10.6 Å². The molecule has 0 saturated heterocycles. The Balaban J connectivity index is 2.47. The highest BCUT2D eigenvalue weighted by Crippen LogP contribution is 2.31. The largest absolute Gasteiger partial charge is 0.477 e. The van der Waals surface area contributed by atoms with Gasteiger partial charge in [0.1, 0.15) is 9.88 Å². The normalized spacial score (nSPS) is 10.7. The highest BCUT2D eigenvalue weighted by atomic mass is 35.5. The van der Waals surface area contributed by atoms with Crippen LogP contribution >= 0.6 is 22.9 Å². The molecular weight excluding hydrogens is 282 g/mol. The van der Waals surface area contributed by atoms with E-state index >= 15 is 0 Å². The molecule has 0 saturated carbocycles. The molecule has 0 fully saturated rings. The van der Waals surface area contributed by atoms with E-state index in [1.807, 2.05) is 32.0 Å². The second-order valence-corrected chi connectivity index (χ2v) is 5.72. The molecule has 1 aromatic heterocycles. The number of hydrogen-bond acceptors (Lipinski definition) is 3. The van der Waals surface area contributed by atoms with Crippen molar-refractivity contribution in [2.45, 2.75) is 26.7 Å². The van der Waals surface area contributed by atoms with Crippen LogP contribution in [-0.2, 0) is 6.42 Å². The third-order valence-electron chi connectivity index (χ3n) is 2.80. The topological polar surface area (TPSA) is 50.2 Å². The van der Waals surface area contributed by atoms with Gasteiger partial charge in [-0.1, -0.05) is 37.1 Å². The van der Waals surface area contributed by atoms with Crippen LogP contribution in [0.1, 0.15) is 34.3 Å². The molecule has 1 heterocycles. The Hall–Kier alpha value is -1.39. The molecule has 1 aromatic carbocycles. The van der Waals surface area contributed by atoms with Gasteiger partial charge in [0.25, 0.3) is 0 Å². The fourth-order valence-corrected chi connectivity index (χ4v) is 2.90. The zero-order valence-corrected chi connectivity index (χ0v) is 12.3. The second-order valence-electron chi connectivity index (χ2n) is 4.31. The fraction of sp³-hybridized carbons (Fsp3) is 0.286. The Labute approximate surface area is 120 Å². The van der Waals surface area contributed by atoms with Crippen LogP contribution in [0.2, 0.25) is 5.02 Å². The molecule has 0 atom stereocenters. The van der Waals surface area contributed by atoms with Gasteiger partial charge in [-0.05, 0) is 25.0 Å². The lowest BCUT2D eigenvalue weighted by Crippen LogP contribution is -1.98. The van der Waals surface area contributed by atoms with Gasteiger partial charge in [0.15, 0.2) is 0 Å². The van der Waals surface area contributed by atoms with E-state index in [1.54, 1.807) is 0 Å². The Kier molecular flexibility index (Phi) is 4.22. The van der Waals surface area contributed by atoms with Gasteiger partial charge < -0.3 is 5.11 Å². The number of benzene rings is 1. The molecule has 19 heavy (non-hydrogen) atoms. The zero-order valence-electron chi connectivity index (χ0n) is 10.7. The molecule has 0 spiro atoms. The van der Waals surface area contributed by atoms with Crippen LogP contribution < -0.4 is 0 Å². The molecule has 0 amide bonds. The van der Waals surface area contributed by atoms with Crippen LogP contribution in [0.3, 0.4) is 0 Å². The van der Waals surface area contributed by atoms with Crippen molar-refractivity contribution < 1.29 is 9.90 Å². The fourth-order valence-electron chi connectivity index (χ4n) is 1.77. The number of carboxylic acids is 1. The minimum absolute atomic E-state index is 0.327. The van der Waals surface area contributed by atoms with E-state index in [1.165, 1.54) is 11.3 Å². The minimum Gasteiger partial charge on any atom is -0.477 e. The van der Waals surface area contributed by atoms with Gasteiger partial charge in [-0.3, -0.25) is 0 Å². The van der Waals surface area contributed by atoms with Crippen LogP contribution in [0.15, 0.2) is 18.2 Å². The van der Waals surface area contributed by atoms with Crippen molar-refractivity contribution in [1.82, 2.24) is 4.98 Å². The molecule has 1 N–H and O–H groups in total. The first-order valence-electron chi connectivity index (χ1n) is 6.02. The standard InChI is InChI=1S/C14H14ClNO2S/c1-3-4-11-12(14(17)18)19-13(16-11)9-6-5-8(2)10(15)7-9/h5-7H,3-4H2,1-2H3,(H,17,18). The summed E-state index contributed by atoms with van der Waals surface area (Å²) in [5.74, 6) is -0.912. The predicted octanol–water partition coefficient (Wildman–Crippen LogP) is 4.42. The first-order valence-corrected chi connectivity index (χ1v) is 7.22. The molecule has 100 valence electrons. The highest BCUT2D eigenvalue weighted by molar-refractivity contribution is 7.17. The van der Waals surface area contributed by atoms with E-state index < -0.39 is 5.97 Å². The van der Waals surface area contributed by atoms with Crippen molar-refractivity contribution in [3.63, 3.8) is 0 Å². The Morgan fingerprint density at radius 3 is 2.79 bits per heavy atom. The van der Waals surface area contributed by atoms with E-state index in [4.69, 9.17) is 11.6 Å². The number of halogens is 1. The quantitative estimate of drug-likeness (QED) is 0.908. The summed E-state index contributed by atoms with van der Waals surface area (Å²) in [6.07, 6.45) is 1.55. The molecule has 0 aliphatic rings. The molecule has 2 aromatic rings. The average molecular weight is 296 g/mol. The number of hydrogen-bond donors (Lipinski definition) is 1. The molecule has 2 rings (SSSR count). The van der Waals surface area contributed by atoms with Crippen molar-refractivity contribution in [1.29, 1.82) is 0 Å². The van der Waals surface area contributed by atoms with Crippen molar-refractivity contribution >= 4 is 28.9 Å². The predicted molar refractivity (Wildman–Crippen MR) is 78.3 cm³/mol. The number of aromatic carboxylic acids is 1. The number of rotatable bonds is 4. The van der Waals surface area contributed by atoms with Crippen LogP contribution in [0.4, 0.5) is 0 Å². The lowest BCUT2D eigenvalue weighted by Gasteiger charge is -2.00. The monoisotopic (exact) mass is 295 g/mol. The summed E-state index contributed by atoms with van der Waals surface area (Å²) in [7, 11) is 0. The third-order valence-corrected chi connectivity index (χ3v) is 4.34. The van der Waals surface area contributed by atoms with Gasteiger partial charge in [-0.25, -0.2) is 9.78 Å². The Morgan fingerprint density at radius 2 is 2.21 bits per heavy atom. The van der Waals surface area contributed by atoms with Gasteiger partial charge in [0.05, 0.1) is 5.69 Å². The maximum Gasteiger partial charge on any atom is 0.347 e. The second kappa shape index (κ2) is 5.72. The number of aryl methyl sites for hydroxylation is 2. The van der Waals surface area contributed by atoms with E-state index in [9.17, 15) is 9.90 Å². The van der Waals surface area contributed by atoms with Crippen molar-refractivity contribution in [3.05, 3.63) is 39.4 Å². The van der Waals surface area contributed by atoms with Gasteiger partial charge in [-0.2, -0.15) is 0 Å². The number of carbonyl (C=O) groups is 1. The summed E-state index contributed by atoms with van der Waals surface area (Å²) in [5, 5.41) is 10.6. The minimum atomic E-state index is -0.912. The summed E-state index contributed by atoms with van der Waals surface area (Å²) in [6.45, 7) is 3.94. The Bertz CT molecular complexity index is 622. The molecule has 0 aliphatic heterocycles. The molecular formula is C14H14ClNO2S. The van der Waals surface area contributed by atoms with Crippen LogP contribution in [-0.4, -0.2) is 16.1 Å². The summed E-state index contributed by atoms with van der Waals surface area (Å²) in [4.78, 5) is 16.0. The maximum atomic E-state index is 11.2. The van der Waals surface area contributed by atoms with E-state index in [-0.39, 0.29) is 0 Å². The molecule has 0 unspecified atom stereocenters. The lowest BCUT2D eigenvalue weighted by atomic mass is 10.1. The number of nitrogens with zero attached hydrogens (tertiary/aromatic N) is 1. The molecule has 0 aliphatic carbocycles. The smallest absolute Gasteiger partial charge is 0.347 e. The SMILES string of the molecule is CCCc1nc(-c2ccc(C)c(Cl)c2)sc1C(=O)O. The first-order chi connectivity index (χ1) is 9.02. The summed E-state index contributed by atoms with van der Waals surface area (Å²) < 4.78 is 0. The Morgan fingerprint density at radius 1 is 1.47 bits per heavy atom. The average Bonchev–Trinajstić information content (AvgIpc) is 2.77. The first kappa shape index (κ1) is 14.0. The molecule has 5 heteroatoms. The van der Waals surface area contributed by atoms with E-state index in [0.717, 1.165) is 17.5 Å². The van der Waals surface area contributed by atoms with Crippen molar-refractivity contribution in [3.8, 4) is 10.6 Å². The summed E-state index contributed by atoms with van der Waals surface area (Å²) >= 11 is 7.30. The van der Waals surface area contributed by atoms with Crippen LogP contribution in [0.25, 0.3) is 10.6 Å². The maximum absolute atomic E-state index is 11.2. The summed E-state index contributed by atoms with van der Waals surface area (Å²) in [5.41, 5.74) is 2.52. The number of aromatic nitrogens is 1. The van der Waals surface area contributed by atoms with Crippen molar-refractivity contribution in [2.24, 2.45) is 0 Å². The number of carboxylic acid groups (broad SMARTS) is 1. The van der Waals surface area contributed by atoms with Gasteiger partial charge in [-0.15, -0.1) is 11.3 Å². The molecule has 0 bridgehead atoms. The van der Waals surface area contributed by atoms with Gasteiger partial charge >= 0.3 is 5.97 Å². The third kappa shape index (κ3) is 2.96. The zero-order chi connectivity index (χ0) is 14.0.